The van der Waals surface area contributed by atoms with E-state index in [0.29, 0.717) is 32.4 Å². The number of nitrogens with one attached hydrogen (secondary N) is 8. The van der Waals surface area contributed by atoms with Gasteiger partial charge in [-0.05, 0) is 79.9 Å². The van der Waals surface area contributed by atoms with Crippen molar-refractivity contribution in [1.29, 1.82) is 0 Å². The summed E-state index contributed by atoms with van der Waals surface area (Å²) in [6.45, 7) is 5.00. The summed E-state index contributed by atoms with van der Waals surface area (Å²) in [5.74, 6) is -5.82. The number of nitrogens with two attached hydrogens (primary N) is 2. The number of quaternary nitrogens is 2. The predicted octanol–water partition coefficient (Wildman–Crippen LogP) is -7.94. The number of hydrogen-bond donors (Lipinski definition) is 14. The maximum Gasteiger partial charge on any atom is 0.278 e. The van der Waals surface area contributed by atoms with Crippen molar-refractivity contribution in [2.75, 3.05) is 27.2 Å². The normalized spacial score (nSPS) is 16.0. The van der Waals surface area contributed by atoms with E-state index in [0.717, 1.165) is 0 Å². The standard InChI is InChI=1S/C30H60N12O9/c1-15(32)25(47)38-19(10-8-14-37-30(35-4)36-5)27(49)42-23(17(3)44)29(51)40-18(9-6-7-13-31)26(48)39-20(11-12-21(33)45)28(50)41-22(16(2)43)24(34)46/h15-20,22-23,30,35-37,43-44H,6-14,31-32H2,1-5H3,(H2,33,45)(H2,34,46)(H,38,47)(H,39,48)(H,40,51)(H,41,50)(H,42,49)/p+2/t15-,16+,17+,18-,19-,20-,22-,23-/m0/s1. The number of hydrogen-bond acceptors (Lipinski definition) is 12. The summed E-state index contributed by atoms with van der Waals surface area (Å²) in [7, 11) is 3.49. The van der Waals surface area contributed by atoms with E-state index < -0.39 is 89.8 Å². The summed E-state index contributed by atoms with van der Waals surface area (Å²) in [6, 6.07) is -7.58. The van der Waals surface area contributed by atoms with E-state index in [1.807, 2.05) is 0 Å². The van der Waals surface area contributed by atoms with Gasteiger partial charge in [-0.3, -0.25) is 49.5 Å². The van der Waals surface area contributed by atoms with Crippen LogP contribution in [-0.4, -0.2) is 133 Å². The van der Waals surface area contributed by atoms with E-state index in [2.05, 4.69) is 54.0 Å². The molecule has 0 aromatic rings. The molecule has 0 bridgehead atoms. The Morgan fingerprint density at radius 2 is 1.08 bits per heavy atom. The molecule has 0 saturated carbocycles. The van der Waals surface area contributed by atoms with Crippen molar-refractivity contribution < 1.29 is 55.2 Å². The topological polar surface area (TPSA) is 364 Å². The molecule has 0 aliphatic carbocycles. The number of rotatable bonds is 27. The summed E-state index contributed by atoms with van der Waals surface area (Å²) >= 11 is 0. The monoisotopic (exact) mass is 734 g/mol. The van der Waals surface area contributed by atoms with Gasteiger partial charge in [-0.2, -0.15) is 0 Å². The number of amides is 7. The Balaban J connectivity index is 6.10. The van der Waals surface area contributed by atoms with Gasteiger partial charge in [0.15, 0.2) is 6.04 Å². The van der Waals surface area contributed by atoms with Crippen LogP contribution < -0.4 is 65.5 Å². The fourth-order valence-corrected chi connectivity index (χ4v) is 4.71. The molecule has 7 amide bonds. The van der Waals surface area contributed by atoms with Gasteiger partial charge in [0.1, 0.15) is 36.5 Å². The number of unbranched alkanes of at least 4 members (excludes halogenated alkanes) is 1. The zero-order valence-electron chi connectivity index (χ0n) is 30.4. The largest absolute Gasteiger partial charge is 0.391 e. The smallest absolute Gasteiger partial charge is 0.278 e. The van der Waals surface area contributed by atoms with Gasteiger partial charge in [0.2, 0.25) is 35.4 Å². The Labute approximate surface area is 298 Å². The molecule has 0 heterocycles. The van der Waals surface area contributed by atoms with Crippen molar-refractivity contribution in [3.63, 3.8) is 0 Å². The quantitative estimate of drug-likeness (QED) is 0.0276. The molecule has 0 aromatic heterocycles. The van der Waals surface area contributed by atoms with Crippen molar-refractivity contribution in [3.8, 4) is 0 Å². The van der Waals surface area contributed by atoms with Gasteiger partial charge in [-0.1, -0.05) is 0 Å². The Kier molecular flexibility index (Phi) is 23.1. The first-order chi connectivity index (χ1) is 23.9. The van der Waals surface area contributed by atoms with Crippen LogP contribution in [0.5, 0.6) is 0 Å². The van der Waals surface area contributed by atoms with E-state index in [1.54, 1.807) is 21.0 Å². The molecular weight excluding hydrogens is 672 g/mol. The van der Waals surface area contributed by atoms with Gasteiger partial charge in [0.25, 0.3) is 5.91 Å². The molecule has 0 fully saturated rings. The molecule has 51 heavy (non-hydrogen) atoms. The number of carbonyl (C=O) groups excluding carboxylic acids is 7. The highest BCUT2D eigenvalue weighted by Gasteiger charge is 2.34. The predicted molar refractivity (Wildman–Crippen MR) is 184 cm³/mol. The molecule has 8 atom stereocenters. The fourth-order valence-electron chi connectivity index (χ4n) is 4.71. The van der Waals surface area contributed by atoms with E-state index in [1.165, 1.54) is 13.8 Å². The Morgan fingerprint density at radius 1 is 0.627 bits per heavy atom. The molecule has 0 aromatic carbocycles. The summed E-state index contributed by atoms with van der Waals surface area (Å²) in [4.78, 5) is 89.3. The van der Waals surface area contributed by atoms with Crippen molar-refractivity contribution in [1.82, 2.24) is 42.5 Å². The number of primary amides is 2. The Bertz CT molecular complexity index is 1140. The SMILES string of the molecule is CNC(NC)NCCC[C@H](NC(=O)[C@H](C)[NH3+])C(=O)N[C@H](C(=O)N[C@@H](CCCC[NH3+])C(=O)N[C@@H](CCC(N)=O)C(=O)N[C@H](C(N)=O)[C@@H](C)O)[C@@H](C)O. The molecule has 0 radical (unpaired) electrons. The third kappa shape index (κ3) is 18.7. The summed E-state index contributed by atoms with van der Waals surface area (Å²) in [5.41, 5.74) is 17.9. The first-order valence-corrected chi connectivity index (χ1v) is 17.1. The molecule has 21 nitrogen and oxygen atoms in total. The van der Waals surface area contributed by atoms with E-state index in [4.69, 9.17) is 11.5 Å². The van der Waals surface area contributed by atoms with Crippen molar-refractivity contribution in [2.24, 2.45) is 11.5 Å². The lowest BCUT2D eigenvalue weighted by molar-refractivity contribution is -0.398. The van der Waals surface area contributed by atoms with E-state index in [-0.39, 0.29) is 32.0 Å². The summed E-state index contributed by atoms with van der Waals surface area (Å²) < 4.78 is 0. The number of carbonyl (C=O) groups is 7. The van der Waals surface area contributed by atoms with Crippen LogP contribution in [0.1, 0.15) is 65.7 Å². The minimum absolute atomic E-state index is 0.0581. The zero-order chi connectivity index (χ0) is 39.3. The van der Waals surface area contributed by atoms with Gasteiger partial charge >= 0.3 is 0 Å². The number of aliphatic hydroxyl groups excluding tert-OH is 2. The molecule has 21 heteroatoms. The van der Waals surface area contributed by atoms with E-state index >= 15 is 0 Å². The van der Waals surface area contributed by atoms with Gasteiger partial charge in [0.05, 0.1) is 18.8 Å². The maximum absolute atomic E-state index is 13.5. The molecule has 294 valence electrons. The molecule has 0 aliphatic rings. The summed E-state index contributed by atoms with van der Waals surface area (Å²) in [5, 5.41) is 41.9. The van der Waals surface area contributed by atoms with Crippen LogP contribution in [0.15, 0.2) is 0 Å². The second-order valence-corrected chi connectivity index (χ2v) is 12.4. The second-order valence-electron chi connectivity index (χ2n) is 12.4. The molecule has 20 N–H and O–H groups in total. The fraction of sp³-hybridized carbons (Fsp3) is 0.767. The van der Waals surface area contributed by atoms with Crippen molar-refractivity contribution in [3.05, 3.63) is 0 Å². The van der Waals surface area contributed by atoms with E-state index in [9.17, 15) is 43.8 Å². The molecule has 0 aliphatic heterocycles. The highest BCUT2D eigenvalue weighted by Crippen LogP contribution is 2.07. The highest BCUT2D eigenvalue weighted by molar-refractivity contribution is 5.96. The second kappa shape index (κ2) is 25.0. The van der Waals surface area contributed by atoms with Crippen LogP contribution in [0.3, 0.4) is 0 Å². The zero-order valence-corrected chi connectivity index (χ0v) is 30.4. The van der Waals surface area contributed by atoms with Crippen LogP contribution in [-0.2, 0) is 33.6 Å². The molecular formula is C30H62N12O9+2. The minimum Gasteiger partial charge on any atom is -0.391 e. The van der Waals surface area contributed by atoms with Crippen molar-refractivity contribution in [2.45, 2.75) is 120 Å². The third-order valence-corrected chi connectivity index (χ3v) is 7.76. The first-order valence-electron chi connectivity index (χ1n) is 17.1. The van der Waals surface area contributed by atoms with Crippen LogP contribution in [0.4, 0.5) is 0 Å². The lowest BCUT2D eigenvalue weighted by Crippen LogP contribution is -2.68. The maximum atomic E-state index is 13.5. The Hall–Kier alpha value is -3.99. The lowest BCUT2D eigenvalue weighted by Gasteiger charge is -2.28. The van der Waals surface area contributed by atoms with Crippen LogP contribution >= 0.6 is 0 Å². The Morgan fingerprint density at radius 3 is 1.53 bits per heavy atom. The summed E-state index contributed by atoms with van der Waals surface area (Å²) in [6.07, 6.45) is -2.01. The van der Waals surface area contributed by atoms with Crippen LogP contribution in [0.2, 0.25) is 0 Å². The first kappa shape index (κ1) is 47.0. The highest BCUT2D eigenvalue weighted by atomic mass is 16.3. The third-order valence-electron chi connectivity index (χ3n) is 7.76. The average molecular weight is 735 g/mol. The lowest BCUT2D eigenvalue weighted by atomic mass is 10.0. The van der Waals surface area contributed by atoms with Gasteiger partial charge in [-0.15, -0.1) is 0 Å². The van der Waals surface area contributed by atoms with Gasteiger partial charge in [-0.25, -0.2) is 0 Å². The minimum atomic E-state index is -1.57. The molecule has 0 spiro atoms. The number of aliphatic hydroxyl groups is 2. The molecule has 0 unspecified atom stereocenters. The van der Waals surface area contributed by atoms with Crippen LogP contribution in [0, 0.1) is 0 Å². The van der Waals surface area contributed by atoms with Gasteiger partial charge < -0.3 is 59.7 Å². The molecule has 0 rings (SSSR count). The van der Waals surface area contributed by atoms with Gasteiger partial charge in [0, 0.05) is 6.42 Å². The average Bonchev–Trinajstić information content (AvgIpc) is 3.05. The van der Waals surface area contributed by atoms with Crippen molar-refractivity contribution >= 4 is 41.4 Å². The molecule has 0 saturated heterocycles. The van der Waals surface area contributed by atoms with Crippen LogP contribution in [0.25, 0.3) is 0 Å².